The second kappa shape index (κ2) is 5.37. The van der Waals surface area contributed by atoms with E-state index in [4.69, 9.17) is 0 Å². The van der Waals surface area contributed by atoms with Crippen molar-refractivity contribution in [1.82, 2.24) is 5.32 Å². The molecule has 2 aromatic rings. The first kappa shape index (κ1) is 14.2. The normalized spacial score (nSPS) is 18.7. The van der Waals surface area contributed by atoms with E-state index in [0.29, 0.717) is 5.56 Å². The van der Waals surface area contributed by atoms with Gasteiger partial charge < -0.3 is 5.32 Å². The van der Waals surface area contributed by atoms with E-state index < -0.39 is 6.04 Å². The Labute approximate surface area is 135 Å². The summed E-state index contributed by atoms with van der Waals surface area (Å²) in [4.78, 5) is 27.0. The average molecular weight is 308 g/mol. The van der Waals surface area contributed by atoms with Crippen LogP contribution in [0.5, 0.6) is 0 Å². The highest BCUT2D eigenvalue weighted by Crippen LogP contribution is 2.38. The first-order valence-electron chi connectivity index (χ1n) is 8.32. The minimum absolute atomic E-state index is 0.0601. The van der Waals surface area contributed by atoms with Gasteiger partial charge in [-0.25, -0.2) is 0 Å². The molecule has 118 valence electrons. The molecule has 0 spiro atoms. The fourth-order valence-electron chi connectivity index (χ4n) is 3.83. The number of hydrogen-bond acceptors (Lipinski definition) is 2. The van der Waals surface area contributed by atoms with Gasteiger partial charge in [-0.05, 0) is 37.3 Å². The zero-order valence-electron chi connectivity index (χ0n) is 13.2. The Kier molecular flexibility index (Phi) is 3.33. The third-order valence-electron chi connectivity index (χ3n) is 5.06. The molecule has 0 aromatic heterocycles. The van der Waals surface area contributed by atoms with Gasteiger partial charge in [0.2, 0.25) is 5.91 Å². The Morgan fingerprint density at radius 3 is 2.61 bits per heavy atom. The molecule has 23 heavy (non-hydrogen) atoms. The molecule has 4 nitrogen and oxygen atoms in total. The van der Waals surface area contributed by atoms with Crippen molar-refractivity contribution < 1.29 is 9.59 Å². The lowest BCUT2D eigenvalue weighted by Crippen LogP contribution is -2.49. The molecule has 2 amide bonds. The van der Waals surface area contributed by atoms with Crippen molar-refractivity contribution in [3.63, 3.8) is 0 Å². The third kappa shape index (κ3) is 2.21. The molecule has 2 aliphatic rings. The monoisotopic (exact) mass is 308 g/mol. The average Bonchev–Trinajstić information content (AvgIpc) is 3.16. The van der Waals surface area contributed by atoms with E-state index in [2.05, 4.69) is 5.32 Å². The molecular weight excluding hydrogens is 288 g/mol. The van der Waals surface area contributed by atoms with E-state index in [0.717, 1.165) is 29.3 Å². The summed E-state index contributed by atoms with van der Waals surface area (Å²) in [5, 5.41) is 5.10. The maximum atomic E-state index is 12.8. The van der Waals surface area contributed by atoms with Gasteiger partial charge in [0.15, 0.2) is 0 Å². The lowest BCUT2D eigenvalue weighted by molar-refractivity contribution is -0.122. The molecule has 0 radical (unpaired) electrons. The van der Waals surface area contributed by atoms with Crippen LogP contribution in [0.15, 0.2) is 36.4 Å². The quantitative estimate of drug-likeness (QED) is 0.946. The van der Waals surface area contributed by atoms with E-state index in [1.54, 1.807) is 4.90 Å². The summed E-state index contributed by atoms with van der Waals surface area (Å²) in [6.45, 7) is 1.81. The van der Waals surface area contributed by atoms with Crippen molar-refractivity contribution in [2.24, 2.45) is 0 Å². The number of carbonyl (C=O) groups excluding carboxylic acids is 2. The van der Waals surface area contributed by atoms with Crippen molar-refractivity contribution in [2.75, 3.05) is 4.90 Å². The number of rotatable bonds is 3. The molecule has 1 fully saturated rings. The summed E-state index contributed by atoms with van der Waals surface area (Å²) < 4.78 is 0. The molecule has 1 aliphatic heterocycles. The number of nitrogens with one attached hydrogen (secondary N) is 1. The molecule has 0 bridgehead atoms. The Hall–Kier alpha value is -2.36. The molecule has 0 unspecified atom stereocenters. The fraction of sp³-hybridized carbons (Fsp3) is 0.368. The zero-order valence-corrected chi connectivity index (χ0v) is 13.2. The summed E-state index contributed by atoms with van der Waals surface area (Å²) in [6.07, 6.45) is 4.43. The second-order valence-electron chi connectivity index (χ2n) is 6.52. The molecule has 1 heterocycles. The maximum Gasteiger partial charge on any atom is 0.259 e. The number of nitrogens with zero attached hydrogens (tertiary/aromatic N) is 1. The second-order valence-corrected chi connectivity index (χ2v) is 6.52. The summed E-state index contributed by atoms with van der Waals surface area (Å²) in [5.41, 5.74) is 1.54. The van der Waals surface area contributed by atoms with Gasteiger partial charge in [0.05, 0.1) is 5.69 Å². The van der Waals surface area contributed by atoms with Crippen molar-refractivity contribution in [2.45, 2.75) is 44.7 Å². The van der Waals surface area contributed by atoms with Crippen LogP contribution in [0.4, 0.5) is 5.69 Å². The molecule has 2 aromatic carbocycles. The highest BCUT2D eigenvalue weighted by atomic mass is 16.2. The van der Waals surface area contributed by atoms with Crippen LogP contribution in [0.3, 0.4) is 0 Å². The van der Waals surface area contributed by atoms with Crippen molar-refractivity contribution in [3.8, 4) is 0 Å². The number of benzene rings is 2. The lowest BCUT2D eigenvalue weighted by atomic mass is 10.1. The molecule has 1 aliphatic carbocycles. The predicted molar refractivity (Wildman–Crippen MR) is 90.6 cm³/mol. The molecule has 1 N–H and O–H groups in total. The molecule has 4 rings (SSSR count). The number of carbonyl (C=O) groups is 2. The molecule has 1 saturated carbocycles. The Morgan fingerprint density at radius 2 is 1.87 bits per heavy atom. The third-order valence-corrected chi connectivity index (χ3v) is 5.06. The van der Waals surface area contributed by atoms with Crippen LogP contribution in [-0.4, -0.2) is 23.9 Å². The van der Waals surface area contributed by atoms with Crippen LogP contribution in [0.25, 0.3) is 10.8 Å². The van der Waals surface area contributed by atoms with Gasteiger partial charge in [-0.3, -0.25) is 14.5 Å². The molecular formula is C19H20N2O2. The van der Waals surface area contributed by atoms with Gasteiger partial charge in [0, 0.05) is 17.0 Å². The summed E-state index contributed by atoms with van der Waals surface area (Å²) in [7, 11) is 0. The van der Waals surface area contributed by atoms with Crippen molar-refractivity contribution in [3.05, 3.63) is 42.0 Å². The van der Waals surface area contributed by atoms with E-state index in [-0.39, 0.29) is 17.9 Å². The first-order chi connectivity index (χ1) is 11.2. The van der Waals surface area contributed by atoms with Crippen molar-refractivity contribution in [1.29, 1.82) is 0 Å². The van der Waals surface area contributed by atoms with Crippen LogP contribution >= 0.6 is 0 Å². The minimum Gasteiger partial charge on any atom is -0.352 e. The van der Waals surface area contributed by atoms with E-state index >= 15 is 0 Å². The fourth-order valence-corrected chi connectivity index (χ4v) is 3.83. The highest BCUT2D eigenvalue weighted by molar-refractivity contribution is 6.26. The van der Waals surface area contributed by atoms with Gasteiger partial charge in [-0.1, -0.05) is 37.1 Å². The molecule has 0 saturated heterocycles. The lowest BCUT2D eigenvalue weighted by Gasteiger charge is -2.26. The largest absolute Gasteiger partial charge is 0.352 e. The smallest absolute Gasteiger partial charge is 0.259 e. The zero-order chi connectivity index (χ0) is 16.0. The van der Waals surface area contributed by atoms with Gasteiger partial charge in [0.25, 0.3) is 5.91 Å². The standard InChI is InChI=1S/C19H20N2O2/c1-12(18(22)20-14-8-2-3-9-14)21-16-11-5-7-13-6-4-10-15(17(13)16)19(21)23/h4-7,10-12,14H,2-3,8-9H2,1H3,(H,20,22)/t12-/m1/s1. The van der Waals surface area contributed by atoms with Crippen LogP contribution in [0.1, 0.15) is 43.0 Å². The summed E-state index contributed by atoms with van der Waals surface area (Å²) in [6, 6.07) is 11.4. The van der Waals surface area contributed by atoms with E-state index in [1.807, 2.05) is 43.3 Å². The Balaban J connectivity index is 1.66. The topological polar surface area (TPSA) is 49.4 Å². The van der Waals surface area contributed by atoms with Gasteiger partial charge >= 0.3 is 0 Å². The SMILES string of the molecule is C[C@H](C(=O)NC1CCCC1)N1C(=O)c2cccc3cccc1c23. The first-order valence-corrected chi connectivity index (χ1v) is 8.32. The van der Waals surface area contributed by atoms with Crippen LogP contribution < -0.4 is 10.2 Å². The summed E-state index contributed by atoms with van der Waals surface area (Å²) in [5.74, 6) is -0.138. The minimum atomic E-state index is -0.499. The van der Waals surface area contributed by atoms with Gasteiger partial charge in [-0.15, -0.1) is 0 Å². The molecule has 1 atom stereocenters. The van der Waals surface area contributed by atoms with E-state index in [1.165, 1.54) is 12.8 Å². The van der Waals surface area contributed by atoms with Gasteiger partial charge in [-0.2, -0.15) is 0 Å². The van der Waals surface area contributed by atoms with Crippen LogP contribution in [0.2, 0.25) is 0 Å². The highest BCUT2D eigenvalue weighted by Gasteiger charge is 2.36. The van der Waals surface area contributed by atoms with E-state index in [9.17, 15) is 9.59 Å². The number of amides is 2. The Bertz CT molecular complexity index is 788. The summed E-state index contributed by atoms with van der Waals surface area (Å²) >= 11 is 0. The molecule has 4 heteroatoms. The van der Waals surface area contributed by atoms with Crippen molar-refractivity contribution >= 4 is 28.3 Å². The maximum absolute atomic E-state index is 12.8. The Morgan fingerprint density at radius 1 is 1.17 bits per heavy atom. The van der Waals surface area contributed by atoms with Gasteiger partial charge in [0.1, 0.15) is 6.04 Å². The number of hydrogen-bond donors (Lipinski definition) is 1. The number of anilines is 1. The van der Waals surface area contributed by atoms with Crippen LogP contribution in [0, 0.1) is 0 Å². The van der Waals surface area contributed by atoms with Crippen LogP contribution in [-0.2, 0) is 4.79 Å². The predicted octanol–water partition coefficient (Wildman–Crippen LogP) is 3.25.